The minimum absolute atomic E-state index is 0.179. The van der Waals surface area contributed by atoms with Crippen LogP contribution in [0.5, 0.6) is 0 Å². The molecule has 41 heavy (non-hydrogen) atoms. The number of H-pyrrole nitrogens is 1. The summed E-state index contributed by atoms with van der Waals surface area (Å²) in [6.07, 6.45) is 3.49. The number of rotatable bonds is 5. The van der Waals surface area contributed by atoms with Crippen molar-refractivity contribution in [1.82, 2.24) is 40.3 Å². The topological polar surface area (TPSA) is 138 Å². The molecule has 2 atom stereocenters. The third-order valence-corrected chi connectivity index (χ3v) is 7.83. The Labute approximate surface area is 242 Å². The predicted octanol–water partition coefficient (Wildman–Crippen LogP) is 3.39. The van der Waals surface area contributed by atoms with Gasteiger partial charge in [0.25, 0.3) is 5.91 Å². The number of aryl methyl sites for hydroxylation is 1. The second-order valence-corrected chi connectivity index (χ2v) is 11.6. The van der Waals surface area contributed by atoms with Gasteiger partial charge in [-0.05, 0) is 37.3 Å². The average molecular weight is 577 g/mol. The molecule has 1 unspecified atom stereocenters. The van der Waals surface area contributed by atoms with Crippen molar-refractivity contribution in [3.05, 3.63) is 64.3 Å². The maximum atomic E-state index is 13.8. The lowest BCUT2D eigenvalue weighted by molar-refractivity contribution is -0.129. The van der Waals surface area contributed by atoms with E-state index in [1.54, 1.807) is 20.5 Å². The number of aromatic amines is 1. The van der Waals surface area contributed by atoms with Crippen LogP contribution in [0.15, 0.2) is 41.4 Å². The second kappa shape index (κ2) is 12.6. The number of para-hydroxylation sites is 1. The first kappa shape index (κ1) is 28.5. The third kappa shape index (κ3) is 6.82. The smallest absolute Gasteiger partial charge is 0.273 e. The molecule has 4 heterocycles. The van der Waals surface area contributed by atoms with Gasteiger partial charge in [0.15, 0.2) is 0 Å². The normalized spacial score (nSPS) is 19.1. The molecular formula is C29H36N8O3S. The van der Waals surface area contributed by atoms with Gasteiger partial charge in [0.1, 0.15) is 23.4 Å². The minimum Gasteiger partial charge on any atom is -0.361 e. The highest BCUT2D eigenvalue weighted by Gasteiger charge is 2.29. The van der Waals surface area contributed by atoms with E-state index in [-0.39, 0.29) is 30.1 Å². The maximum Gasteiger partial charge on any atom is 0.273 e. The van der Waals surface area contributed by atoms with Gasteiger partial charge in [0, 0.05) is 48.4 Å². The summed E-state index contributed by atoms with van der Waals surface area (Å²) in [6.45, 7) is 7.15. The zero-order valence-electron chi connectivity index (χ0n) is 23.6. The molecule has 0 saturated carbocycles. The highest BCUT2D eigenvalue weighted by molar-refractivity contribution is 7.07. The summed E-state index contributed by atoms with van der Waals surface area (Å²) in [5.41, 5.74) is 3.94. The van der Waals surface area contributed by atoms with E-state index in [1.165, 1.54) is 11.3 Å². The highest BCUT2D eigenvalue weighted by atomic mass is 32.1. The van der Waals surface area contributed by atoms with Crippen molar-refractivity contribution >= 4 is 40.0 Å². The van der Waals surface area contributed by atoms with Gasteiger partial charge in [-0.3, -0.25) is 14.4 Å². The number of aromatic nitrogens is 5. The molecule has 1 aliphatic rings. The first-order valence-electron chi connectivity index (χ1n) is 14.0. The van der Waals surface area contributed by atoms with Crippen molar-refractivity contribution in [2.45, 2.75) is 65.1 Å². The van der Waals surface area contributed by atoms with Crippen LogP contribution in [-0.2, 0) is 22.6 Å². The maximum absolute atomic E-state index is 13.8. The van der Waals surface area contributed by atoms with Crippen LogP contribution in [0, 0.1) is 12.8 Å². The van der Waals surface area contributed by atoms with Gasteiger partial charge in [0.2, 0.25) is 11.8 Å². The largest absolute Gasteiger partial charge is 0.361 e. The number of carbonyl (C=O) groups is 3. The van der Waals surface area contributed by atoms with Crippen LogP contribution in [0.1, 0.15) is 66.9 Å². The van der Waals surface area contributed by atoms with E-state index in [2.05, 4.69) is 39.5 Å². The summed E-state index contributed by atoms with van der Waals surface area (Å²) in [5.74, 6) is 0.810. The standard InChI is InChI=1S/C29H36N8O3S/c1-18(2)13-23-27-32-19(3)35-37(27)12-11-36(29(40)25-16-41-17-31-25)10-6-9-26(38)33-24(28(39)34-23)14-20-15-30-22-8-5-4-7-21(20)22/h4-5,7-8,15-18,23-24,30H,6,9-14H2,1-3H3,(H,33,38)(H,34,39)/t23?,24-/m1/s1. The predicted molar refractivity (Wildman–Crippen MR) is 156 cm³/mol. The van der Waals surface area contributed by atoms with Crippen molar-refractivity contribution in [2.75, 3.05) is 13.1 Å². The van der Waals surface area contributed by atoms with Crippen molar-refractivity contribution < 1.29 is 14.4 Å². The molecule has 5 rings (SSSR count). The fourth-order valence-corrected chi connectivity index (χ4v) is 5.83. The lowest BCUT2D eigenvalue weighted by atomic mass is 10.0. The van der Waals surface area contributed by atoms with Gasteiger partial charge in [-0.1, -0.05) is 32.0 Å². The first-order chi connectivity index (χ1) is 19.8. The van der Waals surface area contributed by atoms with E-state index in [1.807, 2.05) is 37.4 Å². The van der Waals surface area contributed by atoms with Crippen LogP contribution in [0.2, 0.25) is 0 Å². The van der Waals surface area contributed by atoms with E-state index in [0.717, 1.165) is 16.5 Å². The van der Waals surface area contributed by atoms with Crippen LogP contribution >= 0.6 is 11.3 Å². The van der Waals surface area contributed by atoms with Crippen molar-refractivity contribution in [3.63, 3.8) is 0 Å². The molecule has 0 saturated heterocycles. The van der Waals surface area contributed by atoms with Crippen molar-refractivity contribution in [3.8, 4) is 0 Å². The Hall–Kier alpha value is -4.06. The Morgan fingerprint density at radius 2 is 1.95 bits per heavy atom. The Balaban J connectivity index is 1.47. The molecule has 12 heteroatoms. The molecule has 216 valence electrons. The van der Waals surface area contributed by atoms with E-state index >= 15 is 0 Å². The molecule has 0 spiro atoms. The molecule has 3 amide bonds. The summed E-state index contributed by atoms with van der Waals surface area (Å²) >= 11 is 1.37. The first-order valence-corrected chi connectivity index (χ1v) is 15.0. The number of amides is 3. The molecular weight excluding hydrogens is 540 g/mol. The highest BCUT2D eigenvalue weighted by Crippen LogP contribution is 2.23. The number of hydrogen-bond acceptors (Lipinski definition) is 7. The monoisotopic (exact) mass is 576 g/mol. The van der Waals surface area contributed by atoms with Gasteiger partial charge in [-0.15, -0.1) is 11.3 Å². The molecule has 3 N–H and O–H groups in total. The van der Waals surface area contributed by atoms with Gasteiger partial charge in [-0.25, -0.2) is 14.6 Å². The SMILES string of the molecule is Cc1nc2n(n1)CCN(C(=O)c1cscn1)CCCC(=O)N[C@H](Cc1c[nH]c3ccccc13)C(=O)NC2CC(C)C. The fourth-order valence-electron chi connectivity index (χ4n) is 5.30. The third-order valence-electron chi connectivity index (χ3n) is 7.24. The Kier molecular flexibility index (Phi) is 8.77. The Bertz CT molecular complexity index is 1510. The molecule has 0 fully saturated rings. The average Bonchev–Trinajstić information content (AvgIpc) is 3.69. The summed E-state index contributed by atoms with van der Waals surface area (Å²) in [7, 11) is 0. The minimum atomic E-state index is -0.787. The quantitative estimate of drug-likeness (QED) is 0.333. The number of benzene rings is 1. The Morgan fingerprint density at radius 3 is 2.73 bits per heavy atom. The van der Waals surface area contributed by atoms with Gasteiger partial charge < -0.3 is 20.5 Å². The summed E-state index contributed by atoms with van der Waals surface area (Å²) in [6, 6.07) is 6.69. The fraction of sp³-hybridized carbons (Fsp3) is 0.448. The van der Waals surface area contributed by atoms with E-state index in [0.29, 0.717) is 56.2 Å². The Morgan fingerprint density at radius 1 is 1.12 bits per heavy atom. The van der Waals surface area contributed by atoms with E-state index in [4.69, 9.17) is 4.98 Å². The van der Waals surface area contributed by atoms with Crippen LogP contribution < -0.4 is 10.6 Å². The summed E-state index contributed by atoms with van der Waals surface area (Å²) in [4.78, 5) is 54.1. The molecule has 0 bridgehead atoms. The summed E-state index contributed by atoms with van der Waals surface area (Å²) in [5, 5.41) is 13.5. The number of hydrogen-bond donors (Lipinski definition) is 3. The van der Waals surface area contributed by atoms with Gasteiger partial charge in [0.05, 0.1) is 18.1 Å². The van der Waals surface area contributed by atoms with Gasteiger partial charge >= 0.3 is 0 Å². The number of carbonyl (C=O) groups excluding carboxylic acids is 3. The molecule has 0 aliphatic carbocycles. The number of nitrogens with zero attached hydrogens (tertiary/aromatic N) is 5. The zero-order chi connectivity index (χ0) is 28.9. The van der Waals surface area contributed by atoms with Crippen molar-refractivity contribution in [1.29, 1.82) is 0 Å². The van der Waals surface area contributed by atoms with Crippen LogP contribution in [0.3, 0.4) is 0 Å². The van der Waals surface area contributed by atoms with Crippen LogP contribution in [0.4, 0.5) is 0 Å². The van der Waals surface area contributed by atoms with E-state index in [9.17, 15) is 14.4 Å². The van der Waals surface area contributed by atoms with Crippen LogP contribution in [0.25, 0.3) is 10.9 Å². The van der Waals surface area contributed by atoms with E-state index < -0.39 is 12.1 Å². The molecule has 0 radical (unpaired) electrons. The number of nitrogens with one attached hydrogen (secondary N) is 3. The number of fused-ring (bicyclic) bond motifs is 2. The summed E-state index contributed by atoms with van der Waals surface area (Å²) < 4.78 is 1.79. The molecule has 1 aliphatic heterocycles. The lowest BCUT2D eigenvalue weighted by Crippen LogP contribution is -2.49. The molecule has 1 aromatic carbocycles. The van der Waals surface area contributed by atoms with Crippen molar-refractivity contribution in [2.24, 2.45) is 5.92 Å². The number of thiazole rings is 1. The zero-order valence-corrected chi connectivity index (χ0v) is 24.4. The van der Waals surface area contributed by atoms with Crippen LogP contribution in [-0.4, -0.2) is 66.5 Å². The van der Waals surface area contributed by atoms with Gasteiger partial charge in [-0.2, -0.15) is 5.10 Å². The second-order valence-electron chi connectivity index (χ2n) is 10.9. The molecule has 11 nitrogen and oxygen atoms in total. The molecule has 3 aromatic heterocycles. The lowest BCUT2D eigenvalue weighted by Gasteiger charge is -2.27. The molecule has 4 aromatic rings.